The molecular weight excluding hydrogens is 131 g/mol. The van der Waals surface area contributed by atoms with Gasteiger partial charge in [-0.2, -0.15) is 0 Å². The normalized spacial score (nSPS) is 51.2. The van der Waals surface area contributed by atoms with Crippen molar-refractivity contribution in [3.05, 3.63) is 0 Å². The lowest BCUT2D eigenvalue weighted by atomic mass is 9.99. The summed E-state index contributed by atoms with van der Waals surface area (Å²) in [4.78, 5) is 11.1. The smallest absolute Gasteiger partial charge is 0.173 e. The molecule has 2 heteroatoms. The summed E-state index contributed by atoms with van der Waals surface area (Å²) in [5, 5.41) is 0. The van der Waals surface area contributed by atoms with E-state index >= 15 is 0 Å². The number of hydrogen-bond acceptors (Lipinski definition) is 1. The van der Waals surface area contributed by atoms with E-state index in [1.54, 1.807) is 0 Å². The molecule has 0 radical (unpaired) electrons. The second-order valence-corrected chi connectivity index (χ2v) is 3.48. The third kappa shape index (κ3) is 0.505. The van der Waals surface area contributed by atoms with Crippen molar-refractivity contribution < 1.29 is 9.18 Å². The molecule has 0 aromatic carbocycles. The Kier molecular flexibility index (Phi) is 1.01. The van der Waals surface area contributed by atoms with Crippen LogP contribution in [0.5, 0.6) is 0 Å². The van der Waals surface area contributed by atoms with Gasteiger partial charge in [0.1, 0.15) is 0 Å². The standard InChI is InChI=1S/C8H11FO/c1-2-8-4-5(8)3-6(9)7(8)10/h5-6H,2-4H2,1H3/t5-,6-,8+/m0/s1. The highest BCUT2D eigenvalue weighted by Crippen LogP contribution is 2.63. The van der Waals surface area contributed by atoms with Crippen molar-refractivity contribution in [3.63, 3.8) is 0 Å². The van der Waals surface area contributed by atoms with Crippen molar-refractivity contribution in [2.75, 3.05) is 0 Å². The first-order valence-electron chi connectivity index (χ1n) is 3.89. The molecule has 10 heavy (non-hydrogen) atoms. The molecule has 2 rings (SSSR count). The number of halogens is 1. The molecule has 0 aromatic heterocycles. The topological polar surface area (TPSA) is 17.1 Å². The van der Waals surface area contributed by atoms with Gasteiger partial charge in [0.15, 0.2) is 12.0 Å². The largest absolute Gasteiger partial charge is 0.296 e. The molecule has 0 aromatic rings. The number of ketones is 1. The second-order valence-electron chi connectivity index (χ2n) is 3.48. The van der Waals surface area contributed by atoms with Crippen molar-refractivity contribution >= 4 is 5.78 Å². The second kappa shape index (κ2) is 1.60. The highest BCUT2D eigenvalue weighted by atomic mass is 19.1. The number of fused-ring (bicyclic) bond motifs is 1. The number of carbonyl (C=O) groups excluding carboxylic acids is 1. The fourth-order valence-electron chi connectivity index (χ4n) is 2.27. The van der Waals surface area contributed by atoms with Gasteiger partial charge in [-0.3, -0.25) is 4.79 Å². The molecule has 1 nitrogen and oxygen atoms in total. The summed E-state index contributed by atoms with van der Waals surface area (Å²) in [5.41, 5.74) is -0.181. The molecule has 0 bridgehead atoms. The van der Waals surface area contributed by atoms with Crippen LogP contribution in [0.15, 0.2) is 0 Å². The lowest BCUT2D eigenvalue weighted by Crippen LogP contribution is -2.19. The number of rotatable bonds is 1. The molecule has 0 aliphatic heterocycles. The Labute approximate surface area is 59.6 Å². The molecule has 2 saturated carbocycles. The van der Waals surface area contributed by atoms with E-state index in [1.807, 2.05) is 6.92 Å². The maximum Gasteiger partial charge on any atom is 0.173 e. The fourth-order valence-corrected chi connectivity index (χ4v) is 2.27. The van der Waals surface area contributed by atoms with Gasteiger partial charge in [0.05, 0.1) is 0 Å². The molecule has 2 aliphatic carbocycles. The molecule has 2 fully saturated rings. The highest BCUT2D eigenvalue weighted by Gasteiger charge is 2.65. The molecule has 3 atom stereocenters. The van der Waals surface area contributed by atoms with E-state index in [0.717, 1.165) is 12.8 Å². The maximum absolute atomic E-state index is 12.7. The molecule has 2 aliphatic rings. The summed E-state index contributed by atoms with van der Waals surface area (Å²) < 4.78 is 12.7. The van der Waals surface area contributed by atoms with E-state index in [4.69, 9.17) is 0 Å². The van der Waals surface area contributed by atoms with Crippen molar-refractivity contribution in [1.29, 1.82) is 0 Å². The summed E-state index contributed by atoms with van der Waals surface area (Å²) in [6.45, 7) is 1.98. The first-order valence-corrected chi connectivity index (χ1v) is 3.89. The van der Waals surface area contributed by atoms with Crippen LogP contribution < -0.4 is 0 Å². The highest BCUT2D eigenvalue weighted by molar-refractivity contribution is 5.94. The van der Waals surface area contributed by atoms with Crippen LogP contribution in [0.1, 0.15) is 26.2 Å². The van der Waals surface area contributed by atoms with E-state index in [-0.39, 0.29) is 11.2 Å². The zero-order valence-corrected chi connectivity index (χ0v) is 6.06. The first-order chi connectivity index (χ1) is 4.70. The maximum atomic E-state index is 12.7. The van der Waals surface area contributed by atoms with E-state index < -0.39 is 6.17 Å². The van der Waals surface area contributed by atoms with Gasteiger partial charge in [0.2, 0.25) is 0 Å². The zero-order valence-electron chi connectivity index (χ0n) is 6.06. The van der Waals surface area contributed by atoms with E-state index in [1.165, 1.54) is 0 Å². The van der Waals surface area contributed by atoms with Crippen LogP contribution >= 0.6 is 0 Å². The molecule has 0 saturated heterocycles. The van der Waals surface area contributed by atoms with Gasteiger partial charge >= 0.3 is 0 Å². The number of Topliss-reactive ketones (excluding diaryl/α,β-unsaturated/α-hetero) is 1. The Bertz CT molecular complexity index is 186. The number of hydrogen-bond donors (Lipinski definition) is 0. The average molecular weight is 142 g/mol. The molecule has 56 valence electrons. The van der Waals surface area contributed by atoms with Crippen molar-refractivity contribution in [2.45, 2.75) is 32.4 Å². The van der Waals surface area contributed by atoms with Crippen LogP contribution in [-0.2, 0) is 4.79 Å². The van der Waals surface area contributed by atoms with Crippen LogP contribution in [0.4, 0.5) is 4.39 Å². The zero-order chi connectivity index (χ0) is 7.35. The van der Waals surface area contributed by atoms with Gasteiger partial charge in [0.25, 0.3) is 0 Å². The van der Waals surface area contributed by atoms with E-state index in [2.05, 4.69) is 0 Å². The lowest BCUT2D eigenvalue weighted by molar-refractivity contribution is -0.127. The molecule has 0 N–H and O–H groups in total. The van der Waals surface area contributed by atoms with Crippen LogP contribution in [0.3, 0.4) is 0 Å². The molecule has 0 heterocycles. The SMILES string of the molecule is CC[C@@]12C[C@@H]1C[C@H](F)C2=O. The lowest BCUT2D eigenvalue weighted by Gasteiger charge is -2.06. The Morgan fingerprint density at radius 1 is 1.80 bits per heavy atom. The first kappa shape index (κ1) is 6.32. The predicted molar refractivity (Wildman–Crippen MR) is 35.4 cm³/mol. The van der Waals surface area contributed by atoms with Crippen molar-refractivity contribution in [1.82, 2.24) is 0 Å². The minimum atomic E-state index is -1.13. The Hall–Kier alpha value is -0.400. The number of alkyl halides is 1. The van der Waals surface area contributed by atoms with Crippen molar-refractivity contribution in [2.24, 2.45) is 11.3 Å². The van der Waals surface area contributed by atoms with Crippen LogP contribution in [-0.4, -0.2) is 12.0 Å². The molecule has 0 unspecified atom stereocenters. The summed E-state index contributed by atoms with van der Waals surface area (Å²) in [7, 11) is 0. The third-order valence-corrected chi connectivity index (χ3v) is 3.13. The Morgan fingerprint density at radius 3 is 2.80 bits per heavy atom. The predicted octanol–water partition coefficient (Wildman–Crippen LogP) is 1.71. The van der Waals surface area contributed by atoms with Gasteiger partial charge in [-0.1, -0.05) is 6.92 Å². The van der Waals surface area contributed by atoms with Gasteiger partial charge < -0.3 is 0 Å². The fraction of sp³-hybridized carbons (Fsp3) is 0.875. The Morgan fingerprint density at radius 2 is 2.50 bits per heavy atom. The van der Waals surface area contributed by atoms with Crippen LogP contribution in [0, 0.1) is 11.3 Å². The van der Waals surface area contributed by atoms with E-state index in [9.17, 15) is 9.18 Å². The van der Waals surface area contributed by atoms with Crippen LogP contribution in [0.2, 0.25) is 0 Å². The number of carbonyl (C=O) groups is 1. The summed E-state index contributed by atoms with van der Waals surface area (Å²) in [6.07, 6.45) is 1.19. The monoisotopic (exact) mass is 142 g/mol. The van der Waals surface area contributed by atoms with Crippen molar-refractivity contribution in [3.8, 4) is 0 Å². The van der Waals surface area contributed by atoms with Crippen LogP contribution in [0.25, 0.3) is 0 Å². The third-order valence-electron chi connectivity index (χ3n) is 3.13. The summed E-state index contributed by atoms with van der Waals surface area (Å²) in [5.74, 6) is 0.292. The van der Waals surface area contributed by atoms with E-state index in [0.29, 0.717) is 12.3 Å². The van der Waals surface area contributed by atoms with Gasteiger partial charge in [-0.05, 0) is 25.2 Å². The molecular formula is C8H11FO. The quantitative estimate of drug-likeness (QED) is 0.544. The minimum absolute atomic E-state index is 0.111. The molecule has 0 amide bonds. The summed E-state index contributed by atoms with van der Waals surface area (Å²) in [6, 6.07) is 0. The minimum Gasteiger partial charge on any atom is -0.296 e. The Balaban J connectivity index is 2.23. The van der Waals surface area contributed by atoms with Gasteiger partial charge in [-0.25, -0.2) is 4.39 Å². The molecule has 0 spiro atoms. The van der Waals surface area contributed by atoms with Gasteiger partial charge in [-0.15, -0.1) is 0 Å². The average Bonchev–Trinajstić information content (AvgIpc) is 2.57. The summed E-state index contributed by atoms with van der Waals surface area (Å²) >= 11 is 0. The van der Waals surface area contributed by atoms with Gasteiger partial charge in [0, 0.05) is 5.41 Å².